The van der Waals surface area contributed by atoms with Crippen LogP contribution in [0.5, 0.6) is 0 Å². The first kappa shape index (κ1) is 19.3. The van der Waals surface area contributed by atoms with E-state index in [9.17, 15) is 0 Å². The fourth-order valence-corrected chi connectivity index (χ4v) is 4.06. The van der Waals surface area contributed by atoms with E-state index >= 15 is 0 Å². The fourth-order valence-electron chi connectivity index (χ4n) is 4.06. The summed E-state index contributed by atoms with van der Waals surface area (Å²) in [7, 11) is 2.17. The molecule has 2 aromatic carbocycles. The van der Waals surface area contributed by atoms with Crippen LogP contribution in [0.25, 0.3) is 33.4 Å². The standard InChI is InChI=1S/C25H24N4O2/c1-28-9-11-29(12-10-28)22-7-5-19(6-8-22)21-14-24-25(26-16-21)23(17-31-24)20-4-2-3-18(13-20)15-27-30/h2-8,13-17,30H,9-12H2,1H3/b27-15+. The molecule has 0 atom stereocenters. The predicted molar refractivity (Wildman–Crippen MR) is 124 cm³/mol. The highest BCUT2D eigenvalue weighted by atomic mass is 16.4. The molecule has 4 aromatic rings. The smallest absolute Gasteiger partial charge is 0.153 e. The molecular formula is C25H24N4O2. The largest absolute Gasteiger partial charge is 0.462 e. The molecule has 1 fully saturated rings. The number of anilines is 1. The van der Waals surface area contributed by atoms with Gasteiger partial charge in [0.15, 0.2) is 5.58 Å². The lowest BCUT2D eigenvalue weighted by atomic mass is 10.0. The third-order valence-corrected chi connectivity index (χ3v) is 5.89. The van der Waals surface area contributed by atoms with Crippen LogP contribution >= 0.6 is 0 Å². The van der Waals surface area contributed by atoms with Crippen LogP contribution in [0.1, 0.15) is 5.56 Å². The van der Waals surface area contributed by atoms with E-state index in [0.29, 0.717) is 0 Å². The Kier molecular flexibility index (Phi) is 5.14. The van der Waals surface area contributed by atoms with Gasteiger partial charge in [-0.15, -0.1) is 0 Å². The first-order chi connectivity index (χ1) is 15.2. The second kappa shape index (κ2) is 8.24. The minimum atomic E-state index is 0.747. The molecular weight excluding hydrogens is 388 g/mol. The zero-order valence-corrected chi connectivity index (χ0v) is 17.4. The van der Waals surface area contributed by atoms with Gasteiger partial charge in [-0.1, -0.05) is 35.5 Å². The van der Waals surface area contributed by atoms with E-state index in [-0.39, 0.29) is 0 Å². The SMILES string of the molecule is CN1CCN(c2ccc(-c3cnc4c(-c5cccc(/C=N/O)c5)coc4c3)cc2)CC1. The topological polar surface area (TPSA) is 65.1 Å². The molecule has 6 nitrogen and oxygen atoms in total. The third-order valence-electron chi connectivity index (χ3n) is 5.89. The fraction of sp³-hybridized carbons (Fsp3) is 0.200. The average Bonchev–Trinajstić information content (AvgIpc) is 3.24. The van der Waals surface area contributed by atoms with Crippen LogP contribution in [-0.4, -0.2) is 54.5 Å². The van der Waals surface area contributed by atoms with E-state index in [2.05, 4.69) is 46.3 Å². The Morgan fingerprint density at radius 1 is 0.968 bits per heavy atom. The summed E-state index contributed by atoms with van der Waals surface area (Å²) in [4.78, 5) is 9.49. The predicted octanol–water partition coefficient (Wildman–Crippen LogP) is 4.72. The van der Waals surface area contributed by atoms with Crippen molar-refractivity contribution in [2.75, 3.05) is 38.1 Å². The van der Waals surface area contributed by atoms with Crippen molar-refractivity contribution in [3.05, 3.63) is 72.6 Å². The van der Waals surface area contributed by atoms with Crippen molar-refractivity contribution >= 4 is 23.0 Å². The summed E-state index contributed by atoms with van der Waals surface area (Å²) >= 11 is 0. The van der Waals surface area contributed by atoms with Gasteiger partial charge in [-0.05, 0) is 48.0 Å². The van der Waals surface area contributed by atoms with Gasteiger partial charge in [0.05, 0.1) is 6.21 Å². The number of rotatable bonds is 4. The lowest BCUT2D eigenvalue weighted by Crippen LogP contribution is -2.44. The van der Waals surface area contributed by atoms with Crippen molar-refractivity contribution in [3.63, 3.8) is 0 Å². The number of hydrogen-bond donors (Lipinski definition) is 1. The molecule has 0 spiro atoms. The molecule has 5 rings (SSSR count). The van der Waals surface area contributed by atoms with Gasteiger partial charge < -0.3 is 19.4 Å². The minimum absolute atomic E-state index is 0.747. The van der Waals surface area contributed by atoms with Crippen molar-refractivity contribution in [1.82, 2.24) is 9.88 Å². The Morgan fingerprint density at radius 3 is 2.55 bits per heavy atom. The first-order valence-electron chi connectivity index (χ1n) is 10.4. The van der Waals surface area contributed by atoms with Gasteiger partial charge in [0.2, 0.25) is 0 Å². The summed E-state index contributed by atoms with van der Waals surface area (Å²) in [5, 5.41) is 11.9. The van der Waals surface area contributed by atoms with E-state index in [1.165, 1.54) is 11.9 Å². The highest BCUT2D eigenvalue weighted by molar-refractivity contribution is 5.94. The average molecular weight is 412 g/mol. The molecule has 0 aliphatic carbocycles. The zero-order chi connectivity index (χ0) is 21.2. The van der Waals surface area contributed by atoms with Crippen molar-refractivity contribution in [1.29, 1.82) is 0 Å². The molecule has 1 aliphatic rings. The molecule has 31 heavy (non-hydrogen) atoms. The summed E-state index contributed by atoms with van der Waals surface area (Å²) in [6.07, 6.45) is 5.03. The molecule has 0 radical (unpaired) electrons. The number of likely N-dealkylation sites (N-methyl/N-ethyl adjacent to an activating group) is 1. The Balaban J connectivity index is 1.41. The number of pyridine rings is 1. The van der Waals surface area contributed by atoms with Gasteiger partial charge in [0.25, 0.3) is 0 Å². The summed E-state index contributed by atoms with van der Waals surface area (Å²) in [5.74, 6) is 0. The van der Waals surface area contributed by atoms with E-state index in [1.807, 2.05) is 36.5 Å². The molecule has 0 bridgehead atoms. The lowest BCUT2D eigenvalue weighted by Gasteiger charge is -2.34. The number of piperazine rings is 1. The van der Waals surface area contributed by atoms with Crippen LogP contribution in [0, 0.1) is 0 Å². The molecule has 2 aromatic heterocycles. The van der Waals surface area contributed by atoms with E-state index in [1.54, 1.807) is 6.26 Å². The van der Waals surface area contributed by atoms with Crippen molar-refractivity contribution in [2.45, 2.75) is 0 Å². The van der Waals surface area contributed by atoms with Gasteiger partial charge >= 0.3 is 0 Å². The minimum Gasteiger partial charge on any atom is -0.462 e. The monoisotopic (exact) mass is 412 g/mol. The second-order valence-electron chi connectivity index (χ2n) is 7.93. The van der Waals surface area contributed by atoms with Crippen molar-refractivity contribution in [3.8, 4) is 22.3 Å². The number of benzene rings is 2. The van der Waals surface area contributed by atoms with Gasteiger partial charge in [-0.3, -0.25) is 4.98 Å². The lowest BCUT2D eigenvalue weighted by molar-refractivity contribution is 0.313. The van der Waals surface area contributed by atoms with Crippen LogP contribution < -0.4 is 4.90 Å². The van der Waals surface area contributed by atoms with Crippen molar-refractivity contribution in [2.24, 2.45) is 5.16 Å². The Morgan fingerprint density at radius 2 is 1.77 bits per heavy atom. The van der Waals surface area contributed by atoms with Crippen LogP contribution in [0.3, 0.4) is 0 Å². The second-order valence-corrected chi connectivity index (χ2v) is 7.93. The van der Waals surface area contributed by atoms with Crippen LogP contribution in [0.2, 0.25) is 0 Å². The molecule has 1 aliphatic heterocycles. The van der Waals surface area contributed by atoms with E-state index in [4.69, 9.17) is 14.6 Å². The number of hydrogen-bond acceptors (Lipinski definition) is 6. The number of fused-ring (bicyclic) bond motifs is 1. The summed E-state index contributed by atoms with van der Waals surface area (Å²) in [6, 6.07) is 18.4. The molecule has 0 unspecified atom stereocenters. The highest BCUT2D eigenvalue weighted by Crippen LogP contribution is 2.32. The number of oxime groups is 1. The van der Waals surface area contributed by atoms with Crippen molar-refractivity contribution < 1.29 is 9.62 Å². The Bertz CT molecular complexity index is 1220. The molecule has 1 saturated heterocycles. The molecule has 3 heterocycles. The van der Waals surface area contributed by atoms with Gasteiger partial charge in [0.1, 0.15) is 11.8 Å². The number of aromatic nitrogens is 1. The normalized spacial score (nSPS) is 15.2. The van der Waals surface area contributed by atoms with E-state index < -0.39 is 0 Å². The summed E-state index contributed by atoms with van der Waals surface area (Å²) in [6.45, 7) is 4.31. The number of nitrogens with zero attached hydrogens (tertiary/aromatic N) is 4. The summed E-state index contributed by atoms with van der Waals surface area (Å²) < 4.78 is 5.84. The third kappa shape index (κ3) is 3.90. The van der Waals surface area contributed by atoms with Crippen LogP contribution in [0.4, 0.5) is 5.69 Å². The molecule has 0 saturated carbocycles. The molecule has 6 heteroatoms. The number of furan rings is 1. The van der Waals surface area contributed by atoms with Crippen LogP contribution in [-0.2, 0) is 0 Å². The van der Waals surface area contributed by atoms with Crippen LogP contribution in [0.15, 0.2) is 76.6 Å². The van der Waals surface area contributed by atoms with Gasteiger partial charge in [0, 0.05) is 49.2 Å². The van der Waals surface area contributed by atoms with Gasteiger partial charge in [-0.2, -0.15) is 0 Å². The Hall–Kier alpha value is -3.64. The molecule has 1 N–H and O–H groups in total. The molecule has 156 valence electrons. The quantitative estimate of drug-likeness (QED) is 0.298. The zero-order valence-electron chi connectivity index (χ0n) is 17.4. The van der Waals surface area contributed by atoms with E-state index in [0.717, 1.165) is 65.1 Å². The summed E-state index contributed by atoms with van der Waals surface area (Å²) in [5.41, 5.74) is 7.66. The maximum Gasteiger partial charge on any atom is 0.153 e. The highest BCUT2D eigenvalue weighted by Gasteiger charge is 2.15. The first-order valence-corrected chi connectivity index (χ1v) is 10.4. The molecule has 0 amide bonds. The Labute approximate surface area is 181 Å². The maximum atomic E-state index is 8.79. The van der Waals surface area contributed by atoms with Gasteiger partial charge in [-0.25, -0.2) is 0 Å². The maximum absolute atomic E-state index is 8.79.